The predicted molar refractivity (Wildman–Crippen MR) is 82.6 cm³/mol. The Morgan fingerprint density at radius 2 is 2.28 bits per heavy atom. The van der Waals surface area contributed by atoms with Crippen LogP contribution in [-0.2, 0) is 9.59 Å². The minimum Gasteiger partial charge on any atom is -0.397 e. The number of benzene rings is 1. The van der Waals surface area contributed by atoms with Crippen LogP contribution in [0, 0.1) is 3.57 Å². The normalized spacial score (nSPS) is 19.3. The topological polar surface area (TPSA) is 63.4 Å². The Kier molecular flexibility index (Phi) is 4.16. The van der Waals surface area contributed by atoms with Crippen molar-refractivity contribution in [2.24, 2.45) is 0 Å². The van der Waals surface area contributed by atoms with E-state index in [1.807, 2.05) is 18.2 Å². The molecule has 6 heteroatoms. The molecule has 1 fully saturated rings. The number of anilines is 2. The van der Waals surface area contributed by atoms with Crippen LogP contribution in [-0.4, -0.2) is 22.8 Å². The van der Waals surface area contributed by atoms with E-state index in [4.69, 9.17) is 5.73 Å². The van der Waals surface area contributed by atoms with Gasteiger partial charge in [-0.3, -0.25) is 9.59 Å². The Hall–Kier alpha value is -0.760. The smallest absolute Gasteiger partial charge is 0.228 e. The fourth-order valence-electron chi connectivity index (χ4n) is 1.99. The van der Waals surface area contributed by atoms with Crippen molar-refractivity contribution >= 4 is 56.7 Å². The van der Waals surface area contributed by atoms with Gasteiger partial charge in [0.15, 0.2) is 5.12 Å². The molecular formula is C12H13IN2O2S. The quantitative estimate of drug-likeness (QED) is 0.636. The van der Waals surface area contributed by atoms with E-state index in [9.17, 15) is 9.59 Å². The molecule has 96 valence electrons. The molecule has 1 aliphatic rings. The lowest BCUT2D eigenvalue weighted by Crippen LogP contribution is -2.25. The van der Waals surface area contributed by atoms with Crippen LogP contribution < -0.4 is 10.6 Å². The molecule has 1 atom stereocenters. The maximum absolute atomic E-state index is 11.9. The lowest BCUT2D eigenvalue weighted by molar-refractivity contribution is -0.117. The van der Waals surface area contributed by atoms with Crippen molar-refractivity contribution in [2.75, 3.05) is 17.2 Å². The summed E-state index contributed by atoms with van der Waals surface area (Å²) in [5, 5.41) is 0.0823. The standard InChI is InChI=1S/C12H13IN2O2S/c1-7(16)18-9-5-12(17)15(6-9)11-3-2-8(13)4-10(11)14/h2-4,9H,5-6,14H2,1H3. The third-order valence-corrected chi connectivity index (χ3v) is 4.35. The first-order valence-corrected chi connectivity index (χ1v) is 7.46. The summed E-state index contributed by atoms with van der Waals surface area (Å²) in [6.45, 7) is 2.07. The van der Waals surface area contributed by atoms with E-state index in [2.05, 4.69) is 22.6 Å². The third kappa shape index (κ3) is 2.97. The highest BCUT2D eigenvalue weighted by molar-refractivity contribution is 14.1. The second kappa shape index (κ2) is 5.48. The molecular weight excluding hydrogens is 363 g/mol. The summed E-state index contributed by atoms with van der Waals surface area (Å²) in [7, 11) is 0. The summed E-state index contributed by atoms with van der Waals surface area (Å²) >= 11 is 3.41. The summed E-state index contributed by atoms with van der Waals surface area (Å²) in [5.74, 6) is 0.0293. The van der Waals surface area contributed by atoms with Gasteiger partial charge in [-0.15, -0.1) is 0 Å². The summed E-state index contributed by atoms with van der Waals surface area (Å²) in [6, 6.07) is 5.62. The van der Waals surface area contributed by atoms with Crippen molar-refractivity contribution in [1.29, 1.82) is 0 Å². The van der Waals surface area contributed by atoms with Crippen molar-refractivity contribution < 1.29 is 9.59 Å². The SMILES string of the molecule is CC(=O)SC1CC(=O)N(c2ccc(I)cc2N)C1. The number of halogens is 1. The van der Waals surface area contributed by atoms with Crippen LogP contribution in [0.2, 0.25) is 0 Å². The zero-order valence-corrected chi connectivity index (χ0v) is 12.8. The Morgan fingerprint density at radius 1 is 1.56 bits per heavy atom. The zero-order chi connectivity index (χ0) is 13.3. The second-order valence-electron chi connectivity index (χ2n) is 4.14. The molecule has 0 aromatic heterocycles. The van der Waals surface area contributed by atoms with Gasteiger partial charge in [0.2, 0.25) is 5.91 Å². The van der Waals surface area contributed by atoms with Crippen LogP contribution in [0.25, 0.3) is 0 Å². The molecule has 1 aliphatic heterocycles. The van der Waals surface area contributed by atoms with Crippen LogP contribution in [0.15, 0.2) is 18.2 Å². The van der Waals surface area contributed by atoms with E-state index in [0.29, 0.717) is 18.7 Å². The average Bonchev–Trinajstić information content (AvgIpc) is 2.58. The number of thioether (sulfide) groups is 1. The van der Waals surface area contributed by atoms with E-state index < -0.39 is 0 Å². The molecule has 0 saturated carbocycles. The first kappa shape index (κ1) is 13.7. The number of carbonyl (C=O) groups is 2. The van der Waals surface area contributed by atoms with Crippen LogP contribution in [0.5, 0.6) is 0 Å². The second-order valence-corrected chi connectivity index (χ2v) is 6.87. The Bertz CT molecular complexity index is 507. The fraction of sp³-hybridized carbons (Fsp3) is 0.333. The molecule has 1 unspecified atom stereocenters. The van der Waals surface area contributed by atoms with Crippen molar-refractivity contribution in [3.05, 3.63) is 21.8 Å². The van der Waals surface area contributed by atoms with Gasteiger partial charge >= 0.3 is 0 Å². The molecule has 1 amide bonds. The van der Waals surface area contributed by atoms with E-state index in [1.165, 1.54) is 18.7 Å². The number of nitrogen functional groups attached to an aromatic ring is 1. The Morgan fingerprint density at radius 3 is 2.89 bits per heavy atom. The summed E-state index contributed by atoms with van der Waals surface area (Å²) in [6.07, 6.45) is 0.398. The van der Waals surface area contributed by atoms with E-state index in [0.717, 1.165) is 9.26 Å². The molecule has 0 bridgehead atoms. The van der Waals surface area contributed by atoms with Gasteiger partial charge in [-0.2, -0.15) is 0 Å². The van der Waals surface area contributed by atoms with Gasteiger partial charge in [0.25, 0.3) is 0 Å². The molecule has 2 N–H and O–H groups in total. The number of rotatable bonds is 2. The van der Waals surface area contributed by atoms with Gasteiger partial charge in [-0.25, -0.2) is 0 Å². The maximum Gasteiger partial charge on any atom is 0.228 e. The number of amides is 1. The van der Waals surface area contributed by atoms with Crippen LogP contribution in [0.3, 0.4) is 0 Å². The summed E-state index contributed by atoms with van der Waals surface area (Å²) in [4.78, 5) is 24.7. The molecule has 1 aromatic rings. The van der Waals surface area contributed by atoms with Gasteiger partial charge in [0.1, 0.15) is 0 Å². The average molecular weight is 376 g/mol. The molecule has 1 saturated heterocycles. The molecule has 1 heterocycles. The molecule has 0 aliphatic carbocycles. The number of hydrogen-bond donors (Lipinski definition) is 1. The molecule has 18 heavy (non-hydrogen) atoms. The molecule has 0 radical (unpaired) electrons. The highest BCUT2D eigenvalue weighted by Gasteiger charge is 2.32. The monoisotopic (exact) mass is 376 g/mol. The first-order chi connectivity index (χ1) is 8.47. The van der Waals surface area contributed by atoms with Crippen molar-refractivity contribution in [1.82, 2.24) is 0 Å². The van der Waals surface area contributed by atoms with E-state index in [1.54, 1.807) is 4.90 Å². The molecule has 0 spiro atoms. The van der Waals surface area contributed by atoms with E-state index in [-0.39, 0.29) is 16.3 Å². The lowest BCUT2D eigenvalue weighted by Gasteiger charge is -2.18. The minimum atomic E-state index is 0.0293. The van der Waals surface area contributed by atoms with Gasteiger partial charge in [0, 0.05) is 28.7 Å². The zero-order valence-electron chi connectivity index (χ0n) is 9.85. The molecule has 4 nitrogen and oxygen atoms in total. The van der Waals surface area contributed by atoms with Crippen LogP contribution in [0.1, 0.15) is 13.3 Å². The van der Waals surface area contributed by atoms with Gasteiger partial charge in [-0.1, -0.05) is 11.8 Å². The third-order valence-electron chi connectivity index (χ3n) is 2.70. The van der Waals surface area contributed by atoms with E-state index >= 15 is 0 Å². The van der Waals surface area contributed by atoms with Gasteiger partial charge in [0.05, 0.1) is 11.4 Å². The van der Waals surface area contributed by atoms with Crippen molar-refractivity contribution in [3.63, 3.8) is 0 Å². The minimum absolute atomic E-state index is 0.0293. The number of nitrogens with zero attached hydrogens (tertiary/aromatic N) is 1. The van der Waals surface area contributed by atoms with Crippen molar-refractivity contribution in [2.45, 2.75) is 18.6 Å². The maximum atomic E-state index is 11.9. The lowest BCUT2D eigenvalue weighted by atomic mass is 10.2. The number of carbonyl (C=O) groups excluding carboxylic acids is 2. The highest BCUT2D eigenvalue weighted by Crippen LogP contribution is 2.32. The van der Waals surface area contributed by atoms with Crippen LogP contribution in [0.4, 0.5) is 11.4 Å². The van der Waals surface area contributed by atoms with Gasteiger partial charge in [-0.05, 0) is 40.8 Å². The predicted octanol–water partition coefficient (Wildman–Crippen LogP) is 2.26. The Balaban J connectivity index is 2.19. The summed E-state index contributed by atoms with van der Waals surface area (Å²) < 4.78 is 1.04. The highest BCUT2D eigenvalue weighted by atomic mass is 127. The first-order valence-electron chi connectivity index (χ1n) is 5.50. The largest absolute Gasteiger partial charge is 0.397 e. The van der Waals surface area contributed by atoms with Crippen LogP contribution >= 0.6 is 34.4 Å². The molecule has 1 aromatic carbocycles. The number of hydrogen-bond acceptors (Lipinski definition) is 4. The Labute approximate surface area is 123 Å². The van der Waals surface area contributed by atoms with Crippen molar-refractivity contribution in [3.8, 4) is 0 Å². The summed E-state index contributed by atoms with van der Waals surface area (Å²) in [5.41, 5.74) is 7.28. The van der Waals surface area contributed by atoms with Gasteiger partial charge < -0.3 is 10.6 Å². The molecule has 2 rings (SSSR count). The fourth-order valence-corrected chi connectivity index (χ4v) is 3.43. The number of nitrogens with two attached hydrogens (primary N) is 1.